The number of para-hydroxylation sites is 3. The topological polar surface area (TPSA) is 69.5 Å². The van der Waals surface area contributed by atoms with Gasteiger partial charge in [-0.05, 0) is 47.2 Å². The van der Waals surface area contributed by atoms with E-state index in [9.17, 15) is 0 Å². The molecule has 7 nitrogen and oxygen atoms in total. The second-order valence-electron chi connectivity index (χ2n) is 11.0. The Labute approximate surface area is 283 Å². The minimum absolute atomic E-state index is 0. The molecule has 5 aromatic carbocycles. The van der Waals surface area contributed by atoms with Gasteiger partial charge in [0.2, 0.25) is 0 Å². The Morgan fingerprint density at radius 3 is 2.19 bits per heavy atom. The van der Waals surface area contributed by atoms with E-state index in [4.69, 9.17) is 13.6 Å². The van der Waals surface area contributed by atoms with E-state index < -0.39 is 0 Å². The summed E-state index contributed by atoms with van der Waals surface area (Å²) in [5.41, 5.74) is 5.15. The molecule has 0 saturated heterocycles. The number of aromatic nitrogens is 3. The number of pyridine rings is 1. The molecule has 0 aliphatic rings. The third-order valence-corrected chi connectivity index (χ3v) is 8.14. The van der Waals surface area contributed by atoms with Gasteiger partial charge in [-0.1, -0.05) is 77.8 Å². The van der Waals surface area contributed by atoms with Crippen LogP contribution < -0.4 is 9.64 Å². The van der Waals surface area contributed by atoms with Gasteiger partial charge in [-0.15, -0.1) is 23.8 Å². The number of hydrogen-bond donors (Lipinski definition) is 0. The third kappa shape index (κ3) is 4.87. The first-order valence-corrected chi connectivity index (χ1v) is 14.9. The Balaban J connectivity index is 0.00000324. The zero-order chi connectivity index (χ0) is 30.6. The summed E-state index contributed by atoms with van der Waals surface area (Å²) in [6.45, 7) is 0. The van der Waals surface area contributed by atoms with E-state index in [2.05, 4.69) is 28.2 Å². The van der Waals surface area contributed by atoms with Gasteiger partial charge in [-0.3, -0.25) is 4.98 Å². The predicted molar refractivity (Wildman–Crippen MR) is 180 cm³/mol. The van der Waals surface area contributed by atoms with Crippen molar-refractivity contribution in [2.45, 2.75) is 0 Å². The van der Waals surface area contributed by atoms with Gasteiger partial charge in [0.15, 0.2) is 0 Å². The van der Waals surface area contributed by atoms with E-state index in [1.54, 1.807) is 12.4 Å². The molecule has 0 N–H and O–H groups in total. The fourth-order valence-corrected chi connectivity index (χ4v) is 6.05. The Morgan fingerprint density at radius 1 is 0.681 bits per heavy atom. The van der Waals surface area contributed by atoms with Gasteiger partial charge in [0.25, 0.3) is 0 Å². The standard InChI is InChI=1S/C39H24N4O3.Pt/c1-42-20-19-41-39(42)25-21-30-28-13-5-7-15-31(28)46-38(30)35(22-25)45-34-24-27(23-33-37(34)29-14-6-8-16-32(29)44-33)43(26-11-3-2-4-12-26)36-17-9-10-18-40-36;/h2-21,23H,1H3;/q-2;+2. The monoisotopic (exact) mass is 791 g/mol. The Bertz CT molecular complexity index is 2500. The van der Waals surface area contributed by atoms with Crippen LogP contribution in [0, 0.1) is 12.1 Å². The number of benzene rings is 5. The van der Waals surface area contributed by atoms with E-state index in [0.717, 1.165) is 55.6 Å². The van der Waals surface area contributed by atoms with Gasteiger partial charge in [0.1, 0.15) is 17.0 Å². The van der Waals surface area contributed by atoms with Crippen LogP contribution in [-0.4, -0.2) is 14.5 Å². The van der Waals surface area contributed by atoms with Crippen molar-refractivity contribution in [3.63, 3.8) is 0 Å². The normalized spacial score (nSPS) is 11.3. The van der Waals surface area contributed by atoms with Crippen molar-refractivity contribution in [1.29, 1.82) is 0 Å². The maximum atomic E-state index is 6.89. The zero-order valence-corrected chi connectivity index (χ0v) is 27.2. The van der Waals surface area contributed by atoms with E-state index >= 15 is 0 Å². The van der Waals surface area contributed by atoms with Crippen LogP contribution in [0.5, 0.6) is 11.5 Å². The molecule has 9 aromatic rings. The number of imidazole rings is 1. The summed E-state index contributed by atoms with van der Waals surface area (Å²) in [5, 5.41) is 3.61. The second kappa shape index (κ2) is 11.6. The van der Waals surface area contributed by atoms with Crippen LogP contribution in [0.1, 0.15) is 0 Å². The fraction of sp³-hybridized carbons (Fsp3) is 0.0256. The van der Waals surface area contributed by atoms with Crippen LogP contribution in [0.15, 0.2) is 137 Å². The van der Waals surface area contributed by atoms with Crippen molar-refractivity contribution in [2.24, 2.45) is 7.05 Å². The Hall–Kier alpha value is -5.65. The molecule has 0 saturated carbocycles. The quantitative estimate of drug-likeness (QED) is 0.156. The van der Waals surface area contributed by atoms with Crippen molar-refractivity contribution in [1.82, 2.24) is 14.5 Å². The summed E-state index contributed by atoms with van der Waals surface area (Å²) in [4.78, 5) is 11.3. The molecule has 0 aliphatic heterocycles. The van der Waals surface area contributed by atoms with Gasteiger partial charge in [0.05, 0.1) is 17.2 Å². The predicted octanol–water partition coefficient (Wildman–Crippen LogP) is 10.1. The molecule has 0 radical (unpaired) electrons. The number of rotatable bonds is 6. The molecule has 47 heavy (non-hydrogen) atoms. The molecule has 8 heteroatoms. The van der Waals surface area contributed by atoms with Crippen LogP contribution in [0.2, 0.25) is 0 Å². The summed E-state index contributed by atoms with van der Waals surface area (Å²) in [7, 11) is 1.96. The molecule has 0 unspecified atom stereocenters. The van der Waals surface area contributed by atoms with E-state index in [1.165, 1.54) is 0 Å². The number of aryl methyl sites for hydroxylation is 1. The molecule has 0 fully saturated rings. The van der Waals surface area contributed by atoms with Gasteiger partial charge < -0.3 is 23.0 Å². The molecule has 228 valence electrons. The smallest absolute Gasteiger partial charge is 0.498 e. The third-order valence-electron chi connectivity index (χ3n) is 8.14. The van der Waals surface area contributed by atoms with Crippen LogP contribution >= 0.6 is 0 Å². The summed E-state index contributed by atoms with van der Waals surface area (Å²) < 4.78 is 21.7. The molecule has 0 amide bonds. The number of nitrogens with zero attached hydrogens (tertiary/aromatic N) is 4. The number of ether oxygens (including phenoxy) is 1. The first-order valence-electron chi connectivity index (χ1n) is 14.9. The van der Waals surface area contributed by atoms with E-state index in [1.807, 2.05) is 126 Å². The van der Waals surface area contributed by atoms with Gasteiger partial charge in [-0.25, -0.2) is 4.98 Å². The molecular formula is C39H24N4O3Pt. The number of anilines is 3. The van der Waals surface area contributed by atoms with Gasteiger partial charge in [0, 0.05) is 48.0 Å². The van der Waals surface area contributed by atoms with Crippen molar-refractivity contribution in [3.05, 3.63) is 140 Å². The van der Waals surface area contributed by atoms with Crippen molar-refractivity contribution >= 4 is 61.1 Å². The molecule has 0 aliphatic carbocycles. The van der Waals surface area contributed by atoms with Crippen molar-refractivity contribution in [3.8, 4) is 22.9 Å². The van der Waals surface area contributed by atoms with Gasteiger partial charge in [-0.2, -0.15) is 0 Å². The van der Waals surface area contributed by atoms with Crippen LogP contribution in [-0.2, 0) is 28.1 Å². The molecule has 4 aromatic heterocycles. The van der Waals surface area contributed by atoms with Crippen LogP contribution in [0.25, 0.3) is 55.3 Å². The molecule has 0 spiro atoms. The van der Waals surface area contributed by atoms with Gasteiger partial charge >= 0.3 is 21.1 Å². The number of fused-ring (bicyclic) bond motifs is 6. The zero-order valence-electron chi connectivity index (χ0n) is 25.0. The largest absolute Gasteiger partial charge is 2.00 e. The molecule has 0 atom stereocenters. The maximum Gasteiger partial charge on any atom is 2.00 e. The van der Waals surface area contributed by atoms with Crippen molar-refractivity contribution < 1.29 is 34.6 Å². The molecular weight excluding hydrogens is 768 g/mol. The first-order chi connectivity index (χ1) is 22.7. The summed E-state index contributed by atoms with van der Waals surface area (Å²) in [5.74, 6) is 2.40. The fourth-order valence-electron chi connectivity index (χ4n) is 6.05. The average molecular weight is 792 g/mol. The summed E-state index contributed by atoms with van der Waals surface area (Å²) in [6, 6.07) is 42.9. The maximum absolute atomic E-state index is 6.89. The second-order valence-corrected chi connectivity index (χ2v) is 11.0. The minimum atomic E-state index is 0. The molecule has 9 rings (SSSR count). The van der Waals surface area contributed by atoms with E-state index in [0.29, 0.717) is 28.4 Å². The number of hydrogen-bond acceptors (Lipinski definition) is 6. The first kappa shape index (κ1) is 28.8. The average Bonchev–Trinajstić information content (AvgIpc) is 3.81. The number of furan rings is 2. The molecule has 4 heterocycles. The Kier molecular flexibility index (Phi) is 7.11. The van der Waals surface area contributed by atoms with Crippen molar-refractivity contribution in [2.75, 3.05) is 4.90 Å². The minimum Gasteiger partial charge on any atom is -0.498 e. The molecule has 0 bridgehead atoms. The Morgan fingerprint density at radius 2 is 1.43 bits per heavy atom. The summed E-state index contributed by atoms with van der Waals surface area (Å²) in [6.07, 6.45) is 5.46. The van der Waals surface area contributed by atoms with Crippen LogP contribution in [0.4, 0.5) is 17.2 Å². The van der Waals surface area contributed by atoms with E-state index in [-0.39, 0.29) is 21.1 Å². The SMILES string of the molecule is Cn1ccnc1-c1[c-]c(Oc2[c-]c(N(c3ccccc3)c3ccccn3)cc3oc4ccccc4c23)c2oc3ccccc3c2c1.[Pt+2]. The van der Waals surface area contributed by atoms with Crippen LogP contribution in [0.3, 0.4) is 0 Å². The summed E-state index contributed by atoms with van der Waals surface area (Å²) >= 11 is 0.